The standard InChI is InChI=1S/C7H9N3/c1-10-8-6-4-2-3-5-7(6)9-10/h2-5,8,10H,1H3. The molecule has 52 valence electrons. The summed E-state index contributed by atoms with van der Waals surface area (Å²) in [4.78, 5) is 0. The first-order chi connectivity index (χ1) is 4.86. The molecule has 0 aromatic heterocycles. The van der Waals surface area contributed by atoms with Crippen molar-refractivity contribution < 1.29 is 5.12 Å². The predicted octanol–water partition coefficient (Wildman–Crippen LogP) is 0.462. The van der Waals surface area contributed by atoms with E-state index in [1.807, 2.05) is 31.3 Å². The first-order valence-corrected chi connectivity index (χ1v) is 3.27. The van der Waals surface area contributed by atoms with Gasteiger partial charge in [-0.1, -0.05) is 23.9 Å². The van der Waals surface area contributed by atoms with Crippen molar-refractivity contribution in [3.63, 3.8) is 0 Å². The number of hydrogen-bond acceptors (Lipinski definition) is 1. The second-order valence-corrected chi connectivity index (χ2v) is 2.34. The van der Waals surface area contributed by atoms with Gasteiger partial charge in [0.2, 0.25) is 0 Å². The zero-order valence-corrected chi connectivity index (χ0v) is 5.76. The summed E-state index contributed by atoms with van der Waals surface area (Å²) in [5, 5.41) is 0.973. The van der Waals surface area contributed by atoms with Crippen molar-refractivity contribution in [2.45, 2.75) is 0 Å². The van der Waals surface area contributed by atoms with Crippen LogP contribution in [0.4, 0.5) is 11.4 Å². The molecule has 0 bridgehead atoms. The van der Waals surface area contributed by atoms with Crippen LogP contribution in [0.15, 0.2) is 24.3 Å². The number of quaternary nitrogens is 1. The monoisotopic (exact) mass is 135 g/mol. The fourth-order valence-corrected chi connectivity index (χ4v) is 1.08. The molecule has 2 N–H and O–H groups in total. The van der Waals surface area contributed by atoms with E-state index in [0.29, 0.717) is 0 Å². The fraction of sp³-hybridized carbons (Fsp3) is 0.143. The quantitative estimate of drug-likeness (QED) is 0.532. The Balaban J connectivity index is 2.42. The Morgan fingerprint density at radius 2 is 2.20 bits per heavy atom. The second-order valence-electron chi connectivity index (χ2n) is 2.34. The topological polar surface area (TPSA) is 30.6 Å². The van der Waals surface area contributed by atoms with Gasteiger partial charge < -0.3 is 5.43 Å². The summed E-state index contributed by atoms with van der Waals surface area (Å²) in [6, 6.07) is 8.01. The minimum atomic E-state index is 0.973. The third-order valence-corrected chi connectivity index (χ3v) is 1.51. The Morgan fingerprint density at radius 3 is 3.00 bits per heavy atom. The predicted molar refractivity (Wildman–Crippen MR) is 40.0 cm³/mol. The van der Waals surface area contributed by atoms with E-state index in [1.165, 1.54) is 0 Å². The second kappa shape index (κ2) is 1.88. The first-order valence-electron chi connectivity index (χ1n) is 3.27. The lowest BCUT2D eigenvalue weighted by molar-refractivity contribution is -0.807. The van der Waals surface area contributed by atoms with Crippen LogP contribution >= 0.6 is 0 Å². The molecule has 3 heteroatoms. The van der Waals surface area contributed by atoms with Crippen molar-refractivity contribution in [2.24, 2.45) is 0 Å². The molecule has 0 saturated heterocycles. The summed E-state index contributed by atoms with van der Waals surface area (Å²) in [5.41, 5.74) is 9.56. The van der Waals surface area contributed by atoms with Crippen LogP contribution in [0.5, 0.6) is 0 Å². The van der Waals surface area contributed by atoms with Gasteiger partial charge in [-0.15, -0.1) is 0 Å². The van der Waals surface area contributed by atoms with Gasteiger partial charge >= 0.3 is 0 Å². The van der Waals surface area contributed by atoms with Crippen LogP contribution in [0.2, 0.25) is 0 Å². The van der Waals surface area contributed by atoms with Crippen LogP contribution in [0.25, 0.3) is 5.43 Å². The SMILES string of the molecule is C[NH+]1[N-]c2ccccc2N1. The van der Waals surface area contributed by atoms with Crippen LogP contribution < -0.4 is 10.5 Å². The molecule has 0 aliphatic carbocycles. The molecule has 1 atom stereocenters. The average molecular weight is 135 g/mol. The van der Waals surface area contributed by atoms with E-state index in [9.17, 15) is 0 Å². The first kappa shape index (κ1) is 5.56. The average Bonchev–Trinajstić information content (AvgIpc) is 2.27. The number of fused-ring (bicyclic) bond motifs is 1. The van der Waals surface area contributed by atoms with Crippen LogP contribution in [-0.2, 0) is 0 Å². The van der Waals surface area contributed by atoms with Gasteiger partial charge in [-0.2, -0.15) is 0 Å². The van der Waals surface area contributed by atoms with E-state index in [0.717, 1.165) is 16.5 Å². The normalized spacial score (nSPS) is 21.1. The van der Waals surface area contributed by atoms with Crippen LogP contribution in [0.1, 0.15) is 0 Å². The maximum Gasteiger partial charge on any atom is 0.0840 e. The number of anilines is 1. The van der Waals surface area contributed by atoms with E-state index in [4.69, 9.17) is 0 Å². The number of nitrogens with one attached hydrogen (secondary N) is 2. The molecular formula is C7H9N3. The molecule has 1 aliphatic heterocycles. The molecule has 1 unspecified atom stereocenters. The summed E-state index contributed by atoms with van der Waals surface area (Å²) in [6.45, 7) is 0. The zero-order chi connectivity index (χ0) is 6.97. The Hall–Kier alpha value is -1.22. The molecule has 0 amide bonds. The molecule has 1 aromatic rings. The summed E-state index contributed by atoms with van der Waals surface area (Å²) in [7, 11) is 1.96. The van der Waals surface area contributed by atoms with Crippen molar-refractivity contribution in [3.05, 3.63) is 29.7 Å². The highest BCUT2D eigenvalue weighted by molar-refractivity contribution is 5.70. The third-order valence-electron chi connectivity index (χ3n) is 1.51. The smallest absolute Gasteiger partial charge is 0.0840 e. The van der Waals surface area contributed by atoms with Crippen molar-refractivity contribution in [2.75, 3.05) is 12.5 Å². The van der Waals surface area contributed by atoms with Gasteiger partial charge in [0.15, 0.2) is 0 Å². The molecule has 0 saturated carbocycles. The van der Waals surface area contributed by atoms with Crippen molar-refractivity contribution in [1.82, 2.24) is 0 Å². The number of hydrogen-bond donors (Lipinski definition) is 2. The fourth-order valence-electron chi connectivity index (χ4n) is 1.08. The van der Waals surface area contributed by atoms with Crippen molar-refractivity contribution in [3.8, 4) is 0 Å². The lowest BCUT2D eigenvalue weighted by atomic mass is 10.3. The highest BCUT2D eigenvalue weighted by Gasteiger charge is 2.04. The zero-order valence-electron chi connectivity index (χ0n) is 5.76. The van der Waals surface area contributed by atoms with Gasteiger partial charge in [0.25, 0.3) is 0 Å². The van der Waals surface area contributed by atoms with Gasteiger partial charge in [0.1, 0.15) is 0 Å². The number of benzene rings is 1. The maximum absolute atomic E-state index is 4.26. The Bertz CT molecular complexity index is 221. The van der Waals surface area contributed by atoms with Gasteiger partial charge in [0.05, 0.1) is 12.7 Å². The van der Waals surface area contributed by atoms with Gasteiger partial charge in [-0.05, 0) is 6.07 Å². The van der Waals surface area contributed by atoms with E-state index < -0.39 is 0 Å². The summed E-state index contributed by atoms with van der Waals surface area (Å²) >= 11 is 0. The number of rotatable bonds is 0. The van der Waals surface area contributed by atoms with Gasteiger partial charge in [-0.25, -0.2) is 5.43 Å². The molecule has 0 spiro atoms. The number of para-hydroxylation sites is 2. The Morgan fingerprint density at radius 1 is 1.40 bits per heavy atom. The minimum absolute atomic E-state index is 0.973. The molecule has 3 nitrogen and oxygen atoms in total. The third kappa shape index (κ3) is 0.717. The molecule has 1 aromatic carbocycles. The van der Waals surface area contributed by atoms with Crippen LogP contribution in [0, 0.1) is 0 Å². The largest absolute Gasteiger partial charge is 0.460 e. The summed E-state index contributed by atoms with van der Waals surface area (Å²) in [6.07, 6.45) is 0. The van der Waals surface area contributed by atoms with E-state index in [2.05, 4.69) is 10.9 Å². The van der Waals surface area contributed by atoms with Crippen LogP contribution in [-0.4, -0.2) is 7.05 Å². The number of nitrogens with zero attached hydrogens (tertiary/aromatic N) is 1. The Labute approximate surface area is 59.6 Å². The van der Waals surface area contributed by atoms with Crippen molar-refractivity contribution in [1.29, 1.82) is 0 Å². The van der Waals surface area contributed by atoms with E-state index in [1.54, 1.807) is 0 Å². The molecule has 0 radical (unpaired) electrons. The van der Waals surface area contributed by atoms with E-state index in [-0.39, 0.29) is 0 Å². The molecular weight excluding hydrogens is 126 g/mol. The highest BCUT2D eigenvalue weighted by Crippen LogP contribution is 2.27. The van der Waals surface area contributed by atoms with E-state index >= 15 is 0 Å². The summed E-state index contributed by atoms with van der Waals surface area (Å²) in [5.74, 6) is 0. The molecule has 2 rings (SSSR count). The van der Waals surface area contributed by atoms with Gasteiger partial charge in [0, 0.05) is 0 Å². The molecule has 10 heavy (non-hydrogen) atoms. The lowest BCUT2D eigenvalue weighted by Crippen LogP contribution is -3.06. The Kier molecular flexibility index (Phi) is 1.05. The highest BCUT2D eigenvalue weighted by atomic mass is 15.7. The minimum Gasteiger partial charge on any atom is -0.460 e. The molecule has 1 heterocycles. The lowest BCUT2D eigenvalue weighted by Gasteiger charge is -2.16. The molecule has 0 fully saturated rings. The summed E-state index contributed by atoms with van der Waals surface area (Å²) < 4.78 is 0. The van der Waals surface area contributed by atoms with Crippen molar-refractivity contribution >= 4 is 11.4 Å². The van der Waals surface area contributed by atoms with Crippen LogP contribution in [0.3, 0.4) is 0 Å². The molecule has 1 aliphatic rings. The maximum atomic E-state index is 4.26. The van der Waals surface area contributed by atoms with Gasteiger partial charge in [-0.3, -0.25) is 5.12 Å².